The Morgan fingerprint density at radius 2 is 2.14 bits per heavy atom. The number of benzene rings is 1. The van der Waals surface area contributed by atoms with Crippen molar-refractivity contribution in [2.45, 2.75) is 12.8 Å². The lowest BCUT2D eigenvalue weighted by Gasteiger charge is -2.14. The molecule has 0 aromatic heterocycles. The van der Waals surface area contributed by atoms with Gasteiger partial charge in [0.2, 0.25) is 0 Å². The maximum Gasteiger partial charge on any atom is 0.286 e. The van der Waals surface area contributed by atoms with Gasteiger partial charge in [-0.2, -0.15) is 4.99 Å². The summed E-state index contributed by atoms with van der Waals surface area (Å²) in [6.45, 7) is 1.94. The molecule has 0 radical (unpaired) electrons. The highest BCUT2D eigenvalue weighted by Crippen LogP contribution is 2.33. The van der Waals surface area contributed by atoms with E-state index in [1.54, 1.807) is 24.3 Å². The van der Waals surface area contributed by atoms with E-state index in [1.807, 2.05) is 0 Å². The maximum absolute atomic E-state index is 12.0. The minimum atomic E-state index is -0.211. The van der Waals surface area contributed by atoms with Gasteiger partial charge in [-0.05, 0) is 48.4 Å². The zero-order chi connectivity index (χ0) is 14.8. The molecule has 110 valence electrons. The van der Waals surface area contributed by atoms with E-state index in [2.05, 4.69) is 9.89 Å². The highest BCUT2D eigenvalue weighted by atomic mass is 32.2. The van der Waals surface area contributed by atoms with Crippen molar-refractivity contribution in [1.29, 1.82) is 0 Å². The number of rotatable bonds is 2. The average Bonchev–Trinajstić information content (AvgIpc) is 3.10. The lowest BCUT2D eigenvalue weighted by Crippen LogP contribution is -2.23. The number of amidine groups is 1. The van der Waals surface area contributed by atoms with Crippen molar-refractivity contribution in [3.63, 3.8) is 0 Å². The van der Waals surface area contributed by atoms with E-state index in [0.29, 0.717) is 10.7 Å². The lowest BCUT2D eigenvalue weighted by molar-refractivity contribution is -0.113. The third-order valence-corrected chi connectivity index (χ3v) is 4.53. The standard InChI is InChI=1S/C15H16N2O3S/c1-20-12-5-4-10(8-11(12)18)9-13-14(19)16-15(21-13)17-6-2-3-7-17/h4-5,8-9,18H,2-3,6-7H2,1H3. The van der Waals surface area contributed by atoms with Crippen LogP contribution in [0.25, 0.3) is 6.08 Å². The molecule has 2 aliphatic heterocycles. The van der Waals surface area contributed by atoms with Crippen LogP contribution in [-0.4, -0.2) is 41.3 Å². The molecule has 0 spiro atoms. The van der Waals surface area contributed by atoms with Gasteiger partial charge >= 0.3 is 0 Å². The number of amides is 1. The summed E-state index contributed by atoms with van der Waals surface area (Å²) in [7, 11) is 1.50. The van der Waals surface area contributed by atoms with Crippen LogP contribution < -0.4 is 4.74 Å². The van der Waals surface area contributed by atoms with Crippen LogP contribution in [0.2, 0.25) is 0 Å². The molecule has 1 saturated heterocycles. The van der Waals surface area contributed by atoms with Gasteiger partial charge in [0.05, 0.1) is 12.0 Å². The van der Waals surface area contributed by atoms with Crippen molar-refractivity contribution in [1.82, 2.24) is 4.90 Å². The van der Waals surface area contributed by atoms with Gasteiger partial charge in [0.1, 0.15) is 0 Å². The van der Waals surface area contributed by atoms with Gasteiger partial charge in [-0.15, -0.1) is 0 Å². The molecule has 1 aromatic rings. The third kappa shape index (κ3) is 2.90. The number of hydrogen-bond acceptors (Lipinski definition) is 5. The van der Waals surface area contributed by atoms with Crippen molar-refractivity contribution in [2.75, 3.05) is 20.2 Å². The molecule has 0 bridgehead atoms. The minimum absolute atomic E-state index is 0.0583. The molecule has 0 saturated carbocycles. The Morgan fingerprint density at radius 1 is 1.38 bits per heavy atom. The maximum atomic E-state index is 12.0. The van der Waals surface area contributed by atoms with Gasteiger partial charge in [0, 0.05) is 13.1 Å². The molecular formula is C15H16N2O3S. The lowest BCUT2D eigenvalue weighted by atomic mass is 10.2. The average molecular weight is 304 g/mol. The number of phenols is 1. The second kappa shape index (κ2) is 5.81. The number of phenolic OH excluding ortho intramolecular Hbond substituents is 1. The number of carbonyl (C=O) groups is 1. The second-order valence-corrected chi connectivity index (χ2v) is 5.94. The molecule has 0 unspecified atom stereocenters. The van der Waals surface area contributed by atoms with E-state index in [1.165, 1.54) is 18.9 Å². The number of aliphatic imine (C=N–C) groups is 1. The monoisotopic (exact) mass is 304 g/mol. The molecule has 6 heteroatoms. The molecule has 21 heavy (non-hydrogen) atoms. The van der Waals surface area contributed by atoms with Gasteiger partial charge in [-0.25, -0.2) is 0 Å². The Balaban J connectivity index is 1.78. The van der Waals surface area contributed by atoms with Crippen molar-refractivity contribution in [3.8, 4) is 11.5 Å². The summed E-state index contributed by atoms with van der Waals surface area (Å²) in [5.74, 6) is 0.261. The smallest absolute Gasteiger partial charge is 0.286 e. The van der Waals surface area contributed by atoms with E-state index in [-0.39, 0.29) is 11.7 Å². The Kier molecular flexibility index (Phi) is 3.88. The molecule has 1 N–H and O–H groups in total. The first-order valence-electron chi connectivity index (χ1n) is 6.82. The van der Waals surface area contributed by atoms with E-state index in [0.717, 1.165) is 36.7 Å². The Hall–Kier alpha value is -1.95. The zero-order valence-electron chi connectivity index (χ0n) is 11.7. The number of methoxy groups -OCH3 is 1. The second-order valence-electron chi connectivity index (χ2n) is 4.94. The molecule has 0 aliphatic carbocycles. The number of likely N-dealkylation sites (tertiary alicyclic amines) is 1. The van der Waals surface area contributed by atoms with Crippen LogP contribution in [-0.2, 0) is 4.79 Å². The predicted octanol–water partition coefficient (Wildman–Crippen LogP) is 2.47. The fourth-order valence-electron chi connectivity index (χ4n) is 2.39. The summed E-state index contributed by atoms with van der Waals surface area (Å²) in [6, 6.07) is 5.05. The van der Waals surface area contributed by atoms with Crippen LogP contribution >= 0.6 is 11.8 Å². The molecule has 5 nitrogen and oxygen atoms in total. The van der Waals surface area contributed by atoms with Crippen molar-refractivity contribution >= 4 is 28.9 Å². The van der Waals surface area contributed by atoms with Crippen LogP contribution in [0, 0.1) is 0 Å². The van der Waals surface area contributed by atoms with E-state index < -0.39 is 0 Å². The molecular weight excluding hydrogens is 288 g/mol. The van der Waals surface area contributed by atoms with Crippen LogP contribution in [0.3, 0.4) is 0 Å². The molecule has 1 aromatic carbocycles. The number of nitrogens with zero attached hydrogens (tertiary/aromatic N) is 2. The number of thioether (sulfide) groups is 1. The number of aromatic hydroxyl groups is 1. The first-order valence-corrected chi connectivity index (χ1v) is 7.63. The van der Waals surface area contributed by atoms with Gasteiger partial charge < -0.3 is 14.7 Å². The van der Waals surface area contributed by atoms with Gasteiger partial charge in [-0.3, -0.25) is 4.79 Å². The SMILES string of the molecule is COc1ccc(C=C2SC(N3CCCC3)=NC2=O)cc1O. The first-order chi connectivity index (χ1) is 10.2. The van der Waals surface area contributed by atoms with Crippen molar-refractivity contribution in [3.05, 3.63) is 28.7 Å². The van der Waals surface area contributed by atoms with Crippen molar-refractivity contribution < 1.29 is 14.6 Å². The number of carbonyl (C=O) groups excluding carboxylic acids is 1. The van der Waals surface area contributed by atoms with Gasteiger partial charge in [0.25, 0.3) is 5.91 Å². The van der Waals surface area contributed by atoms with E-state index in [4.69, 9.17) is 4.74 Å². The normalized spacial score (nSPS) is 20.2. The fraction of sp³-hybridized carbons (Fsp3) is 0.333. The summed E-state index contributed by atoms with van der Waals surface area (Å²) in [5, 5.41) is 10.6. The Morgan fingerprint density at radius 3 is 2.81 bits per heavy atom. The zero-order valence-corrected chi connectivity index (χ0v) is 12.5. The fourth-order valence-corrected chi connectivity index (χ4v) is 3.35. The highest BCUT2D eigenvalue weighted by molar-refractivity contribution is 8.18. The van der Waals surface area contributed by atoms with Crippen molar-refractivity contribution in [2.24, 2.45) is 4.99 Å². The summed E-state index contributed by atoms with van der Waals surface area (Å²) in [5.41, 5.74) is 0.752. The van der Waals surface area contributed by atoms with E-state index in [9.17, 15) is 9.90 Å². The van der Waals surface area contributed by atoms with Crippen LogP contribution in [0.1, 0.15) is 18.4 Å². The summed E-state index contributed by atoms with van der Waals surface area (Å²) in [6.07, 6.45) is 4.05. The van der Waals surface area contributed by atoms with Crippen LogP contribution in [0.15, 0.2) is 28.1 Å². The van der Waals surface area contributed by atoms with Gasteiger partial charge in [0.15, 0.2) is 16.7 Å². The minimum Gasteiger partial charge on any atom is -0.504 e. The summed E-state index contributed by atoms with van der Waals surface area (Å²) in [4.78, 5) is 18.8. The summed E-state index contributed by atoms with van der Waals surface area (Å²) < 4.78 is 5.00. The van der Waals surface area contributed by atoms with E-state index >= 15 is 0 Å². The molecule has 1 fully saturated rings. The largest absolute Gasteiger partial charge is 0.504 e. The number of ether oxygens (including phenoxy) is 1. The molecule has 1 amide bonds. The molecule has 2 heterocycles. The predicted molar refractivity (Wildman–Crippen MR) is 83.5 cm³/mol. The Labute approximate surface area is 127 Å². The Bertz CT molecular complexity index is 634. The number of hydrogen-bond donors (Lipinski definition) is 1. The van der Waals surface area contributed by atoms with Crippen LogP contribution in [0.4, 0.5) is 0 Å². The molecule has 3 rings (SSSR count). The highest BCUT2D eigenvalue weighted by Gasteiger charge is 2.27. The first kappa shape index (κ1) is 14.0. The topological polar surface area (TPSA) is 62.1 Å². The quantitative estimate of drug-likeness (QED) is 0.850. The molecule has 0 atom stereocenters. The van der Waals surface area contributed by atoms with Gasteiger partial charge in [-0.1, -0.05) is 6.07 Å². The summed E-state index contributed by atoms with van der Waals surface area (Å²) >= 11 is 1.40. The molecule has 2 aliphatic rings. The van der Waals surface area contributed by atoms with Crippen LogP contribution in [0.5, 0.6) is 11.5 Å². The third-order valence-electron chi connectivity index (χ3n) is 3.49.